The van der Waals surface area contributed by atoms with E-state index in [0.717, 1.165) is 42.8 Å². The van der Waals surface area contributed by atoms with Crippen LogP contribution in [0.2, 0.25) is 0 Å². The van der Waals surface area contributed by atoms with Crippen LogP contribution < -0.4 is 0 Å². The first kappa shape index (κ1) is 15.9. The van der Waals surface area contributed by atoms with Gasteiger partial charge in [0.2, 0.25) is 0 Å². The average Bonchev–Trinajstić information content (AvgIpc) is 2.41. The summed E-state index contributed by atoms with van der Waals surface area (Å²) >= 11 is 3.40. The lowest BCUT2D eigenvalue weighted by Gasteiger charge is -2.36. The van der Waals surface area contributed by atoms with Crippen LogP contribution in [-0.4, -0.2) is 65.4 Å². The van der Waals surface area contributed by atoms with Crippen molar-refractivity contribution < 1.29 is 10.2 Å². The Hall–Kier alpha value is -0.460. The molecule has 20 heavy (non-hydrogen) atoms. The molecule has 1 heterocycles. The zero-order valence-electron chi connectivity index (χ0n) is 11.9. The number of hydrogen-bond acceptors (Lipinski definition) is 4. The molecule has 0 saturated carbocycles. The van der Waals surface area contributed by atoms with E-state index in [4.69, 9.17) is 0 Å². The Balaban J connectivity index is 1.79. The van der Waals surface area contributed by atoms with Gasteiger partial charge in [0, 0.05) is 43.7 Å². The summed E-state index contributed by atoms with van der Waals surface area (Å²) in [6, 6.07) is 7.83. The maximum atomic E-state index is 10.3. The zero-order chi connectivity index (χ0) is 14.5. The summed E-state index contributed by atoms with van der Waals surface area (Å²) in [7, 11) is 0. The Labute approximate surface area is 129 Å². The number of rotatable bonds is 5. The maximum absolute atomic E-state index is 10.3. The van der Waals surface area contributed by atoms with E-state index in [0.29, 0.717) is 6.54 Å². The third-order valence-electron chi connectivity index (χ3n) is 3.67. The number of piperazine rings is 1. The molecule has 2 rings (SSSR count). The van der Waals surface area contributed by atoms with E-state index in [1.807, 2.05) is 31.2 Å². The van der Waals surface area contributed by atoms with Gasteiger partial charge in [-0.1, -0.05) is 28.1 Å². The molecule has 0 aliphatic carbocycles. The van der Waals surface area contributed by atoms with Crippen LogP contribution in [0, 0.1) is 0 Å². The highest BCUT2D eigenvalue weighted by Crippen LogP contribution is 2.18. The molecule has 2 N–H and O–H groups in total. The Kier molecular flexibility index (Phi) is 5.99. The first-order valence-electron chi connectivity index (χ1n) is 7.11. The van der Waals surface area contributed by atoms with Gasteiger partial charge in [0.1, 0.15) is 0 Å². The molecule has 2 atom stereocenters. The second kappa shape index (κ2) is 7.52. The van der Waals surface area contributed by atoms with Crippen molar-refractivity contribution in [2.24, 2.45) is 0 Å². The van der Waals surface area contributed by atoms with E-state index in [1.54, 1.807) is 0 Å². The van der Waals surface area contributed by atoms with Crippen LogP contribution in [0.1, 0.15) is 18.6 Å². The van der Waals surface area contributed by atoms with E-state index < -0.39 is 6.10 Å². The minimum atomic E-state index is -0.439. The number of aliphatic hydroxyl groups is 2. The minimum Gasteiger partial charge on any atom is -0.392 e. The fraction of sp³-hybridized carbons (Fsp3) is 0.600. The monoisotopic (exact) mass is 342 g/mol. The van der Waals surface area contributed by atoms with Gasteiger partial charge >= 0.3 is 0 Å². The third kappa shape index (κ3) is 4.82. The molecule has 1 saturated heterocycles. The number of hydrogen-bond donors (Lipinski definition) is 2. The van der Waals surface area contributed by atoms with Crippen LogP contribution in [0.15, 0.2) is 28.7 Å². The molecular weight excluding hydrogens is 320 g/mol. The summed E-state index contributed by atoms with van der Waals surface area (Å²) in [5.41, 5.74) is 0.958. The Morgan fingerprint density at radius 3 is 2.00 bits per heavy atom. The second-order valence-corrected chi connectivity index (χ2v) is 6.43. The number of aliphatic hydroxyl groups excluding tert-OH is 2. The second-order valence-electron chi connectivity index (χ2n) is 5.52. The van der Waals surface area contributed by atoms with Gasteiger partial charge in [0.05, 0.1) is 12.2 Å². The summed E-state index contributed by atoms with van der Waals surface area (Å²) < 4.78 is 1.03. The van der Waals surface area contributed by atoms with Gasteiger partial charge < -0.3 is 10.2 Å². The van der Waals surface area contributed by atoms with Crippen LogP contribution in [0.5, 0.6) is 0 Å². The molecule has 0 spiro atoms. The highest BCUT2D eigenvalue weighted by atomic mass is 79.9. The number of halogens is 1. The number of benzene rings is 1. The normalized spacial score (nSPS) is 20.8. The molecule has 0 aromatic heterocycles. The van der Waals surface area contributed by atoms with E-state index in [1.165, 1.54) is 0 Å². The van der Waals surface area contributed by atoms with E-state index >= 15 is 0 Å². The van der Waals surface area contributed by atoms with Gasteiger partial charge in [-0.15, -0.1) is 0 Å². The SMILES string of the molecule is C[C@@H](O)CN1CCN(C[C@@H](O)c2ccc(Br)cc2)CC1. The fourth-order valence-electron chi connectivity index (χ4n) is 2.56. The molecular formula is C15H23BrN2O2. The first-order valence-corrected chi connectivity index (χ1v) is 7.90. The molecule has 0 bridgehead atoms. The molecule has 5 heteroatoms. The lowest BCUT2D eigenvalue weighted by Crippen LogP contribution is -2.49. The molecule has 1 aliphatic rings. The summed E-state index contributed by atoms with van der Waals surface area (Å²) in [5, 5.41) is 19.7. The van der Waals surface area contributed by atoms with Crippen molar-refractivity contribution in [3.63, 3.8) is 0 Å². The van der Waals surface area contributed by atoms with Gasteiger partial charge in [-0.05, 0) is 24.6 Å². The Bertz CT molecular complexity index is 403. The van der Waals surface area contributed by atoms with Crippen molar-refractivity contribution in [1.29, 1.82) is 0 Å². The highest BCUT2D eigenvalue weighted by Gasteiger charge is 2.20. The van der Waals surface area contributed by atoms with Crippen LogP contribution in [-0.2, 0) is 0 Å². The molecule has 1 fully saturated rings. The average molecular weight is 343 g/mol. The van der Waals surface area contributed by atoms with Crippen molar-refractivity contribution in [1.82, 2.24) is 9.80 Å². The predicted molar refractivity (Wildman–Crippen MR) is 83.7 cm³/mol. The van der Waals surface area contributed by atoms with Crippen molar-refractivity contribution in [2.75, 3.05) is 39.3 Å². The van der Waals surface area contributed by atoms with Crippen molar-refractivity contribution in [3.05, 3.63) is 34.3 Å². The van der Waals surface area contributed by atoms with Gasteiger partial charge in [0.15, 0.2) is 0 Å². The van der Waals surface area contributed by atoms with Crippen LogP contribution in [0.25, 0.3) is 0 Å². The largest absolute Gasteiger partial charge is 0.392 e. The summed E-state index contributed by atoms with van der Waals surface area (Å²) in [4.78, 5) is 4.55. The third-order valence-corrected chi connectivity index (χ3v) is 4.20. The van der Waals surface area contributed by atoms with E-state index in [-0.39, 0.29) is 6.10 Å². The Morgan fingerprint density at radius 2 is 1.50 bits per heavy atom. The summed E-state index contributed by atoms with van der Waals surface area (Å²) in [6.45, 7) is 7.04. The molecule has 4 nitrogen and oxygen atoms in total. The van der Waals surface area contributed by atoms with Crippen molar-refractivity contribution >= 4 is 15.9 Å². The van der Waals surface area contributed by atoms with Gasteiger partial charge in [-0.25, -0.2) is 0 Å². The predicted octanol–water partition coefficient (Wildman–Crippen LogP) is 1.48. The van der Waals surface area contributed by atoms with E-state index in [2.05, 4.69) is 25.7 Å². The Morgan fingerprint density at radius 1 is 1.00 bits per heavy atom. The summed E-state index contributed by atoms with van der Waals surface area (Å²) in [6.07, 6.45) is -0.707. The van der Waals surface area contributed by atoms with Crippen LogP contribution >= 0.6 is 15.9 Å². The molecule has 1 aromatic carbocycles. The summed E-state index contributed by atoms with van der Waals surface area (Å²) in [5.74, 6) is 0. The van der Waals surface area contributed by atoms with Crippen LogP contribution in [0.3, 0.4) is 0 Å². The fourth-order valence-corrected chi connectivity index (χ4v) is 2.83. The van der Waals surface area contributed by atoms with E-state index in [9.17, 15) is 10.2 Å². The van der Waals surface area contributed by atoms with Crippen LogP contribution in [0.4, 0.5) is 0 Å². The van der Waals surface area contributed by atoms with Crippen molar-refractivity contribution in [3.8, 4) is 0 Å². The topological polar surface area (TPSA) is 46.9 Å². The molecule has 1 aromatic rings. The van der Waals surface area contributed by atoms with Gasteiger partial charge in [-0.3, -0.25) is 9.80 Å². The lowest BCUT2D eigenvalue weighted by atomic mass is 10.1. The van der Waals surface area contributed by atoms with Gasteiger partial charge in [-0.2, -0.15) is 0 Å². The smallest absolute Gasteiger partial charge is 0.0916 e. The molecule has 0 unspecified atom stereocenters. The standard InChI is InChI=1S/C15H23BrN2O2/c1-12(19)10-17-6-8-18(9-7-17)11-15(20)13-2-4-14(16)5-3-13/h2-5,12,15,19-20H,6-11H2,1H3/t12-,15-/m1/s1. The molecule has 0 radical (unpaired) electrons. The van der Waals surface area contributed by atoms with Gasteiger partial charge in [0.25, 0.3) is 0 Å². The number of β-amino-alcohol motifs (C(OH)–C–C–N with tert-alkyl or cyclic N) is 2. The molecule has 0 amide bonds. The first-order chi connectivity index (χ1) is 9.54. The quantitative estimate of drug-likeness (QED) is 0.850. The lowest BCUT2D eigenvalue weighted by molar-refractivity contribution is 0.0526. The van der Waals surface area contributed by atoms with Crippen molar-refractivity contribution in [2.45, 2.75) is 19.1 Å². The number of nitrogens with zero attached hydrogens (tertiary/aromatic N) is 2. The highest BCUT2D eigenvalue weighted by molar-refractivity contribution is 9.10. The molecule has 112 valence electrons. The maximum Gasteiger partial charge on any atom is 0.0916 e. The zero-order valence-corrected chi connectivity index (χ0v) is 13.5. The molecule has 1 aliphatic heterocycles. The minimum absolute atomic E-state index is 0.269.